The van der Waals surface area contributed by atoms with Crippen molar-refractivity contribution in [3.8, 4) is 0 Å². The summed E-state index contributed by atoms with van der Waals surface area (Å²) in [5.41, 5.74) is 5.64. The summed E-state index contributed by atoms with van der Waals surface area (Å²) in [5, 5.41) is 3.77. The van der Waals surface area contributed by atoms with E-state index in [0.717, 1.165) is 28.7 Å². The summed E-state index contributed by atoms with van der Waals surface area (Å²) in [7, 11) is 0. The predicted octanol–water partition coefficient (Wildman–Crippen LogP) is 6.51. The molecule has 1 atom stereocenters. The van der Waals surface area contributed by atoms with E-state index < -0.39 is 0 Å². The maximum Gasteiger partial charge on any atom is 0.116 e. The molecule has 4 aromatic rings. The molecule has 0 spiro atoms. The van der Waals surface area contributed by atoms with Crippen LogP contribution in [0, 0.1) is 13.8 Å². The van der Waals surface area contributed by atoms with E-state index in [-0.39, 0.29) is 0 Å². The normalized spacial score (nSPS) is 12.1. The highest BCUT2D eigenvalue weighted by molar-refractivity contribution is 5.87. The lowest BCUT2D eigenvalue weighted by Gasteiger charge is -2.13. The molecule has 0 bridgehead atoms. The quantitative estimate of drug-likeness (QED) is 0.402. The van der Waals surface area contributed by atoms with Gasteiger partial charge in [0.1, 0.15) is 6.33 Å². The predicted molar refractivity (Wildman–Crippen MR) is 121 cm³/mol. The second-order valence-electron chi connectivity index (χ2n) is 7.89. The maximum atomic E-state index is 4.48. The fourth-order valence-corrected chi connectivity index (χ4v) is 3.55. The molecule has 0 amide bonds. The van der Waals surface area contributed by atoms with Gasteiger partial charge in [-0.15, -0.1) is 0 Å². The average Bonchev–Trinajstić information content (AvgIpc) is 2.74. The van der Waals surface area contributed by atoms with Crippen LogP contribution in [-0.4, -0.2) is 19.9 Å². The molecule has 4 nitrogen and oxygen atoms in total. The van der Waals surface area contributed by atoms with Gasteiger partial charge in [-0.3, -0.25) is 9.97 Å². The third kappa shape index (κ3) is 4.42. The molecule has 0 aliphatic rings. The molecule has 0 aliphatic heterocycles. The molecule has 0 saturated carbocycles. The summed E-state index contributed by atoms with van der Waals surface area (Å²) < 4.78 is 0. The standard InChI is InChI=1S/C14H17N.C11H13N3/c1-4-10(2)14-9-15-11(3)12-7-5-6-8-13(12)14;1-7(2)9-5-13-8(3)11-10(9)4-12-6-14-11/h5-10H,4H2,1-3H3;4-7H,1-3H3. The number of hydrogen-bond donors (Lipinski definition) is 0. The molecule has 0 N–H and O–H groups in total. The van der Waals surface area contributed by atoms with Gasteiger partial charge in [-0.2, -0.15) is 0 Å². The molecular formula is C25H30N4. The van der Waals surface area contributed by atoms with Crippen LogP contribution in [0.5, 0.6) is 0 Å². The summed E-state index contributed by atoms with van der Waals surface area (Å²) in [4.78, 5) is 17.1. The number of pyridine rings is 2. The van der Waals surface area contributed by atoms with Crippen molar-refractivity contribution in [3.05, 3.63) is 71.7 Å². The van der Waals surface area contributed by atoms with Crippen molar-refractivity contribution in [2.24, 2.45) is 0 Å². The third-order valence-corrected chi connectivity index (χ3v) is 5.55. The van der Waals surface area contributed by atoms with Crippen molar-refractivity contribution in [1.82, 2.24) is 19.9 Å². The maximum absolute atomic E-state index is 4.48. The van der Waals surface area contributed by atoms with Crippen LogP contribution in [0.3, 0.4) is 0 Å². The van der Waals surface area contributed by atoms with Crippen LogP contribution in [0.4, 0.5) is 0 Å². The number of aryl methyl sites for hydroxylation is 2. The smallest absolute Gasteiger partial charge is 0.116 e. The SMILES string of the molecule is CCC(C)c1cnc(C)c2ccccc12.Cc1ncc(C(C)C)c2cncnc12. The average molecular weight is 387 g/mol. The van der Waals surface area contributed by atoms with Crippen LogP contribution in [0.2, 0.25) is 0 Å². The van der Waals surface area contributed by atoms with Gasteiger partial charge >= 0.3 is 0 Å². The zero-order chi connectivity index (χ0) is 21.0. The summed E-state index contributed by atoms with van der Waals surface area (Å²) in [6, 6.07) is 8.54. The van der Waals surface area contributed by atoms with Gasteiger partial charge in [0.15, 0.2) is 0 Å². The van der Waals surface area contributed by atoms with E-state index in [1.54, 1.807) is 6.33 Å². The third-order valence-electron chi connectivity index (χ3n) is 5.55. The zero-order valence-corrected chi connectivity index (χ0v) is 18.3. The highest BCUT2D eigenvalue weighted by Crippen LogP contribution is 2.28. The first-order valence-electron chi connectivity index (χ1n) is 10.3. The van der Waals surface area contributed by atoms with Crippen molar-refractivity contribution in [2.75, 3.05) is 0 Å². The van der Waals surface area contributed by atoms with Crippen LogP contribution < -0.4 is 0 Å². The molecular weight excluding hydrogens is 356 g/mol. The molecule has 0 aliphatic carbocycles. The first kappa shape index (κ1) is 20.8. The molecule has 0 fully saturated rings. The van der Waals surface area contributed by atoms with Crippen LogP contribution in [0.1, 0.15) is 68.5 Å². The van der Waals surface area contributed by atoms with Gasteiger partial charge in [-0.25, -0.2) is 9.97 Å². The van der Waals surface area contributed by atoms with Crippen molar-refractivity contribution in [2.45, 2.75) is 59.8 Å². The van der Waals surface area contributed by atoms with Gasteiger partial charge in [0, 0.05) is 35.1 Å². The Morgan fingerprint density at radius 1 is 0.759 bits per heavy atom. The lowest BCUT2D eigenvalue weighted by Crippen LogP contribution is -1.96. The minimum atomic E-state index is 0.455. The van der Waals surface area contributed by atoms with E-state index in [4.69, 9.17) is 0 Å². The fourth-order valence-electron chi connectivity index (χ4n) is 3.55. The lowest BCUT2D eigenvalue weighted by atomic mass is 9.94. The van der Waals surface area contributed by atoms with E-state index in [9.17, 15) is 0 Å². The molecule has 0 saturated heterocycles. The molecule has 1 unspecified atom stereocenters. The highest BCUT2D eigenvalue weighted by Gasteiger charge is 2.09. The van der Waals surface area contributed by atoms with Crippen LogP contribution >= 0.6 is 0 Å². The summed E-state index contributed by atoms with van der Waals surface area (Å²) >= 11 is 0. The van der Waals surface area contributed by atoms with Crippen molar-refractivity contribution >= 4 is 21.7 Å². The Morgan fingerprint density at radius 2 is 1.41 bits per heavy atom. The van der Waals surface area contributed by atoms with Crippen molar-refractivity contribution in [3.63, 3.8) is 0 Å². The van der Waals surface area contributed by atoms with E-state index in [1.807, 2.05) is 25.5 Å². The number of aromatic nitrogens is 4. The Hall–Kier alpha value is -2.88. The molecule has 4 heteroatoms. The van der Waals surface area contributed by atoms with Crippen molar-refractivity contribution < 1.29 is 0 Å². The van der Waals surface area contributed by atoms with E-state index in [2.05, 4.69) is 78.8 Å². The second kappa shape index (κ2) is 9.08. The number of fused-ring (bicyclic) bond motifs is 2. The molecule has 4 rings (SSSR count). The van der Waals surface area contributed by atoms with E-state index >= 15 is 0 Å². The minimum absolute atomic E-state index is 0.455. The number of rotatable bonds is 3. The second-order valence-corrected chi connectivity index (χ2v) is 7.89. The molecule has 150 valence electrons. The van der Waals surface area contributed by atoms with Gasteiger partial charge in [0.25, 0.3) is 0 Å². The summed E-state index contributed by atoms with van der Waals surface area (Å²) in [5.74, 6) is 1.04. The monoisotopic (exact) mass is 386 g/mol. The first-order chi connectivity index (χ1) is 13.9. The molecule has 3 heterocycles. The van der Waals surface area contributed by atoms with Crippen LogP contribution in [0.15, 0.2) is 49.2 Å². The number of hydrogen-bond acceptors (Lipinski definition) is 4. The first-order valence-corrected chi connectivity index (χ1v) is 10.3. The Labute approximate surface area is 173 Å². The minimum Gasteiger partial charge on any atom is -0.261 e. The molecule has 29 heavy (non-hydrogen) atoms. The molecule has 1 aromatic carbocycles. The Morgan fingerprint density at radius 3 is 2.10 bits per heavy atom. The highest BCUT2D eigenvalue weighted by atomic mass is 14.8. The largest absolute Gasteiger partial charge is 0.261 e. The Balaban J connectivity index is 0.000000166. The van der Waals surface area contributed by atoms with Crippen LogP contribution in [0.25, 0.3) is 21.7 Å². The molecule has 3 aromatic heterocycles. The molecule has 0 radical (unpaired) electrons. The lowest BCUT2D eigenvalue weighted by molar-refractivity contribution is 0.735. The van der Waals surface area contributed by atoms with Gasteiger partial charge in [-0.1, -0.05) is 52.0 Å². The topological polar surface area (TPSA) is 51.6 Å². The number of benzene rings is 1. The van der Waals surface area contributed by atoms with E-state index in [0.29, 0.717) is 11.8 Å². The fraction of sp³-hybridized carbons (Fsp3) is 0.360. The summed E-state index contributed by atoms with van der Waals surface area (Å²) in [6.07, 6.45) is 8.56. The van der Waals surface area contributed by atoms with Gasteiger partial charge in [-0.05, 0) is 48.6 Å². The van der Waals surface area contributed by atoms with E-state index in [1.165, 1.54) is 21.9 Å². The van der Waals surface area contributed by atoms with Gasteiger partial charge in [0.2, 0.25) is 0 Å². The number of nitrogens with zero attached hydrogens (tertiary/aromatic N) is 4. The van der Waals surface area contributed by atoms with Gasteiger partial charge < -0.3 is 0 Å². The zero-order valence-electron chi connectivity index (χ0n) is 18.3. The Bertz CT molecular complexity index is 1120. The van der Waals surface area contributed by atoms with Gasteiger partial charge in [0.05, 0.1) is 11.2 Å². The van der Waals surface area contributed by atoms with Crippen LogP contribution in [-0.2, 0) is 0 Å². The summed E-state index contributed by atoms with van der Waals surface area (Å²) in [6.45, 7) is 12.8. The van der Waals surface area contributed by atoms with Crippen molar-refractivity contribution in [1.29, 1.82) is 0 Å². The Kier molecular flexibility index (Phi) is 6.53.